The SMILES string of the molecule is CCC[C@@H](C(=O)c1nc2ccccc2o1)N(CC1CCCCC1C1CCCCC1)C(=O)CC. The summed E-state index contributed by atoms with van der Waals surface area (Å²) in [5.74, 6) is 2.03. The Morgan fingerprint density at radius 1 is 1.03 bits per heavy atom. The molecule has 0 bridgehead atoms. The largest absolute Gasteiger partial charge is 0.434 e. The summed E-state index contributed by atoms with van der Waals surface area (Å²) in [5, 5.41) is 0. The maximum atomic E-state index is 13.6. The van der Waals surface area contributed by atoms with E-state index in [1.807, 2.05) is 36.1 Å². The van der Waals surface area contributed by atoms with Crippen molar-refractivity contribution in [2.45, 2.75) is 96.9 Å². The van der Waals surface area contributed by atoms with Gasteiger partial charge in [-0.1, -0.05) is 77.3 Å². The molecular formula is C28H40N2O3. The first kappa shape index (κ1) is 24.0. The van der Waals surface area contributed by atoms with E-state index in [0.29, 0.717) is 42.3 Å². The van der Waals surface area contributed by atoms with Crippen LogP contribution in [0.3, 0.4) is 0 Å². The van der Waals surface area contributed by atoms with Crippen LogP contribution in [0.2, 0.25) is 0 Å². The molecule has 1 aromatic heterocycles. The second-order valence-corrected chi connectivity index (χ2v) is 10.2. The van der Waals surface area contributed by atoms with E-state index < -0.39 is 6.04 Å². The first-order valence-corrected chi connectivity index (χ1v) is 13.3. The molecule has 2 unspecified atom stereocenters. The smallest absolute Gasteiger partial charge is 0.266 e. The van der Waals surface area contributed by atoms with Gasteiger partial charge >= 0.3 is 0 Å². The average Bonchev–Trinajstić information content (AvgIpc) is 3.30. The number of benzene rings is 1. The zero-order valence-corrected chi connectivity index (χ0v) is 20.4. The molecule has 33 heavy (non-hydrogen) atoms. The van der Waals surface area contributed by atoms with Crippen LogP contribution in [0.15, 0.2) is 28.7 Å². The zero-order valence-electron chi connectivity index (χ0n) is 20.4. The molecule has 1 heterocycles. The van der Waals surface area contributed by atoms with Gasteiger partial charge in [0, 0.05) is 13.0 Å². The summed E-state index contributed by atoms with van der Waals surface area (Å²) in [6.45, 7) is 4.68. The van der Waals surface area contributed by atoms with Crippen molar-refractivity contribution >= 4 is 22.8 Å². The minimum atomic E-state index is -0.496. The van der Waals surface area contributed by atoms with Crippen molar-refractivity contribution < 1.29 is 14.0 Å². The van der Waals surface area contributed by atoms with Gasteiger partial charge in [-0.3, -0.25) is 9.59 Å². The van der Waals surface area contributed by atoms with E-state index in [4.69, 9.17) is 4.42 Å². The van der Waals surface area contributed by atoms with Crippen LogP contribution in [0.5, 0.6) is 0 Å². The van der Waals surface area contributed by atoms with E-state index in [1.165, 1.54) is 57.8 Å². The summed E-state index contributed by atoms with van der Waals surface area (Å²) in [6, 6.07) is 6.97. The van der Waals surface area contributed by atoms with E-state index in [9.17, 15) is 9.59 Å². The van der Waals surface area contributed by atoms with Crippen LogP contribution >= 0.6 is 0 Å². The fourth-order valence-electron chi connectivity index (χ4n) is 6.33. The van der Waals surface area contributed by atoms with Crippen molar-refractivity contribution in [2.75, 3.05) is 6.54 Å². The van der Waals surface area contributed by atoms with Crippen molar-refractivity contribution in [3.8, 4) is 0 Å². The normalized spacial score (nSPS) is 22.8. The molecule has 0 aliphatic heterocycles. The third kappa shape index (κ3) is 5.50. The topological polar surface area (TPSA) is 63.4 Å². The summed E-state index contributed by atoms with van der Waals surface area (Å²) in [7, 11) is 0. The van der Waals surface area contributed by atoms with Crippen molar-refractivity contribution in [2.24, 2.45) is 17.8 Å². The number of nitrogens with zero attached hydrogens (tertiary/aromatic N) is 2. The second kappa shape index (κ2) is 11.3. The van der Waals surface area contributed by atoms with Gasteiger partial charge < -0.3 is 9.32 Å². The predicted molar refractivity (Wildman–Crippen MR) is 131 cm³/mol. The summed E-state index contributed by atoms with van der Waals surface area (Å²) in [5.41, 5.74) is 1.31. The van der Waals surface area contributed by atoms with E-state index in [1.54, 1.807) is 0 Å². The number of Topliss-reactive ketones (excluding diaryl/α,β-unsaturated/α-hetero) is 1. The number of ketones is 1. The Labute approximate surface area is 198 Å². The van der Waals surface area contributed by atoms with Gasteiger partial charge in [0.15, 0.2) is 5.58 Å². The van der Waals surface area contributed by atoms with E-state index in [0.717, 1.165) is 12.3 Å². The van der Waals surface area contributed by atoms with Gasteiger partial charge in [0.2, 0.25) is 11.7 Å². The molecule has 3 atom stereocenters. The second-order valence-electron chi connectivity index (χ2n) is 10.2. The summed E-state index contributed by atoms with van der Waals surface area (Å²) < 4.78 is 5.83. The molecule has 0 saturated heterocycles. The van der Waals surface area contributed by atoms with Crippen molar-refractivity contribution in [3.05, 3.63) is 30.2 Å². The van der Waals surface area contributed by atoms with Gasteiger partial charge in [0.1, 0.15) is 11.6 Å². The first-order valence-electron chi connectivity index (χ1n) is 13.3. The lowest BCUT2D eigenvalue weighted by atomic mass is 9.68. The number of carbonyl (C=O) groups is 2. The number of amides is 1. The number of carbonyl (C=O) groups excluding carboxylic acids is 2. The van der Waals surface area contributed by atoms with Crippen LogP contribution in [-0.4, -0.2) is 34.2 Å². The lowest BCUT2D eigenvalue weighted by Gasteiger charge is -2.42. The summed E-state index contributed by atoms with van der Waals surface area (Å²) in [4.78, 5) is 33.2. The van der Waals surface area contributed by atoms with Crippen molar-refractivity contribution in [1.29, 1.82) is 0 Å². The third-order valence-electron chi connectivity index (χ3n) is 8.02. The van der Waals surface area contributed by atoms with Crippen LogP contribution < -0.4 is 0 Å². The molecule has 1 aromatic carbocycles. The lowest BCUT2D eigenvalue weighted by Crippen LogP contribution is -2.49. The molecule has 5 heteroatoms. The lowest BCUT2D eigenvalue weighted by molar-refractivity contribution is -0.134. The monoisotopic (exact) mass is 452 g/mol. The molecule has 5 nitrogen and oxygen atoms in total. The Morgan fingerprint density at radius 2 is 1.76 bits per heavy atom. The van der Waals surface area contributed by atoms with Crippen molar-refractivity contribution in [3.63, 3.8) is 0 Å². The van der Waals surface area contributed by atoms with Crippen LogP contribution in [0.4, 0.5) is 0 Å². The van der Waals surface area contributed by atoms with Gasteiger partial charge in [0.05, 0.1) is 0 Å². The number of rotatable bonds is 9. The molecular weight excluding hydrogens is 412 g/mol. The highest BCUT2D eigenvalue weighted by Gasteiger charge is 2.38. The first-order chi connectivity index (χ1) is 16.1. The fraction of sp³-hybridized carbons (Fsp3) is 0.679. The highest BCUT2D eigenvalue weighted by atomic mass is 16.4. The van der Waals surface area contributed by atoms with E-state index in [2.05, 4.69) is 11.9 Å². The van der Waals surface area contributed by atoms with Crippen LogP contribution in [0, 0.1) is 17.8 Å². The number of oxazole rings is 1. The molecule has 0 radical (unpaired) electrons. The minimum Gasteiger partial charge on any atom is -0.434 e. The Balaban J connectivity index is 1.58. The maximum Gasteiger partial charge on any atom is 0.266 e. The van der Waals surface area contributed by atoms with Gasteiger partial charge in [0.25, 0.3) is 5.89 Å². The molecule has 0 spiro atoms. The number of hydrogen-bond donors (Lipinski definition) is 0. The van der Waals surface area contributed by atoms with Gasteiger partial charge in [-0.15, -0.1) is 0 Å². The van der Waals surface area contributed by atoms with E-state index >= 15 is 0 Å². The highest BCUT2D eigenvalue weighted by Crippen LogP contribution is 2.42. The van der Waals surface area contributed by atoms with Crippen molar-refractivity contribution in [1.82, 2.24) is 9.88 Å². The Morgan fingerprint density at radius 3 is 2.48 bits per heavy atom. The molecule has 1 amide bonds. The average molecular weight is 453 g/mol. The van der Waals surface area contributed by atoms with E-state index in [-0.39, 0.29) is 17.6 Å². The van der Waals surface area contributed by atoms with Gasteiger partial charge in [-0.2, -0.15) is 0 Å². The quantitative estimate of drug-likeness (QED) is 0.392. The summed E-state index contributed by atoms with van der Waals surface area (Å²) in [6.07, 6.45) is 13.6. The standard InChI is InChI=1S/C28H40N2O3/c1-3-12-24(27(32)28-29-23-17-10-11-18-25(23)33-28)30(26(31)4-2)19-21-15-8-9-16-22(21)20-13-6-5-7-14-20/h10-11,17-18,20-22,24H,3-9,12-16,19H2,1-2H3/t21?,22?,24-/m0/s1. The molecule has 2 aliphatic carbocycles. The van der Waals surface area contributed by atoms with Gasteiger partial charge in [-0.25, -0.2) is 4.98 Å². The fourth-order valence-corrected chi connectivity index (χ4v) is 6.33. The molecule has 2 fully saturated rings. The molecule has 180 valence electrons. The highest BCUT2D eigenvalue weighted by molar-refractivity contribution is 6.00. The van der Waals surface area contributed by atoms with Crippen LogP contribution in [-0.2, 0) is 4.79 Å². The number of fused-ring (bicyclic) bond motifs is 1. The summed E-state index contributed by atoms with van der Waals surface area (Å²) >= 11 is 0. The van der Waals surface area contributed by atoms with Gasteiger partial charge in [-0.05, 0) is 49.1 Å². The van der Waals surface area contributed by atoms with Crippen LogP contribution in [0.1, 0.15) is 102 Å². The number of hydrogen-bond acceptors (Lipinski definition) is 4. The third-order valence-corrected chi connectivity index (χ3v) is 8.02. The number of para-hydroxylation sites is 2. The minimum absolute atomic E-state index is 0.0749. The maximum absolute atomic E-state index is 13.6. The number of aromatic nitrogens is 1. The molecule has 2 saturated carbocycles. The molecule has 4 rings (SSSR count). The Kier molecular flexibility index (Phi) is 8.21. The molecule has 2 aliphatic rings. The zero-order chi connectivity index (χ0) is 23.2. The Hall–Kier alpha value is -2.17. The Bertz CT molecular complexity index is 897. The predicted octanol–water partition coefficient (Wildman–Crippen LogP) is 6.80. The van der Waals surface area contributed by atoms with Crippen LogP contribution in [0.25, 0.3) is 11.1 Å². The molecule has 0 N–H and O–H groups in total. The molecule has 2 aromatic rings.